The van der Waals surface area contributed by atoms with Crippen molar-refractivity contribution >= 4 is 33.3 Å². The molecule has 8 heteroatoms. The SMILES string of the molecule is CC(=O)[C@@H]1CC[C@@H](Cc2ccn(C)c(=O)c2)C1.CC(=O)[C@H]1CCC(=O)C1.Cn1ccc(CBr)cc1=O. The minimum Gasteiger partial charge on any atom is -0.319 e. The second-order valence-corrected chi connectivity index (χ2v) is 10.4. The summed E-state index contributed by atoms with van der Waals surface area (Å²) in [6.07, 6.45) is 9.52. The van der Waals surface area contributed by atoms with Crippen molar-refractivity contribution in [1.82, 2.24) is 9.13 Å². The summed E-state index contributed by atoms with van der Waals surface area (Å²) in [5.74, 6) is 1.60. The Morgan fingerprint density at radius 2 is 1.42 bits per heavy atom. The second-order valence-electron chi connectivity index (χ2n) is 9.88. The highest BCUT2D eigenvalue weighted by atomic mass is 79.9. The van der Waals surface area contributed by atoms with E-state index in [9.17, 15) is 24.0 Å². The van der Waals surface area contributed by atoms with E-state index in [-0.39, 0.29) is 34.5 Å². The summed E-state index contributed by atoms with van der Waals surface area (Å²) in [5, 5.41) is 0.739. The Labute approximate surface area is 221 Å². The van der Waals surface area contributed by atoms with Crippen LogP contribution in [-0.4, -0.2) is 26.5 Å². The van der Waals surface area contributed by atoms with Crippen molar-refractivity contribution in [2.24, 2.45) is 31.8 Å². The molecule has 3 atom stereocenters. The molecule has 7 nitrogen and oxygen atoms in total. The van der Waals surface area contributed by atoms with Crippen LogP contribution >= 0.6 is 15.9 Å². The van der Waals surface area contributed by atoms with E-state index in [4.69, 9.17) is 0 Å². The number of aromatic nitrogens is 2. The van der Waals surface area contributed by atoms with Gasteiger partial charge < -0.3 is 9.13 Å². The monoisotopic (exact) mass is 560 g/mol. The summed E-state index contributed by atoms with van der Waals surface area (Å²) >= 11 is 3.27. The van der Waals surface area contributed by atoms with Gasteiger partial charge in [-0.2, -0.15) is 0 Å². The maximum atomic E-state index is 11.5. The van der Waals surface area contributed by atoms with Crippen molar-refractivity contribution in [3.05, 3.63) is 68.5 Å². The molecule has 0 N–H and O–H groups in total. The van der Waals surface area contributed by atoms with Crippen molar-refractivity contribution < 1.29 is 14.4 Å². The quantitative estimate of drug-likeness (QED) is 0.511. The summed E-state index contributed by atoms with van der Waals surface area (Å²) in [4.78, 5) is 55.0. The van der Waals surface area contributed by atoms with Gasteiger partial charge >= 0.3 is 0 Å². The van der Waals surface area contributed by atoms with Gasteiger partial charge in [-0.15, -0.1) is 0 Å². The van der Waals surface area contributed by atoms with Crippen molar-refractivity contribution in [2.45, 2.75) is 64.1 Å². The van der Waals surface area contributed by atoms with Crippen molar-refractivity contribution in [3.8, 4) is 0 Å². The molecule has 0 aromatic carbocycles. The molecule has 2 fully saturated rings. The van der Waals surface area contributed by atoms with Gasteiger partial charge in [-0.25, -0.2) is 0 Å². The molecule has 2 saturated carbocycles. The highest BCUT2D eigenvalue weighted by Crippen LogP contribution is 2.33. The Kier molecular flexibility index (Phi) is 11.7. The number of carbonyl (C=O) groups excluding carboxylic acids is 3. The molecule has 2 aliphatic rings. The number of aryl methyl sites for hydroxylation is 2. The maximum Gasteiger partial charge on any atom is 0.250 e. The summed E-state index contributed by atoms with van der Waals surface area (Å²) < 4.78 is 3.13. The zero-order valence-corrected chi connectivity index (χ0v) is 23.3. The third-order valence-corrected chi connectivity index (χ3v) is 7.60. The van der Waals surface area contributed by atoms with Crippen LogP contribution in [0.15, 0.2) is 46.2 Å². The Hall–Kier alpha value is -2.61. The van der Waals surface area contributed by atoms with Crippen LogP contribution < -0.4 is 11.1 Å². The first-order valence-electron chi connectivity index (χ1n) is 12.4. The van der Waals surface area contributed by atoms with Crippen LogP contribution in [0.3, 0.4) is 0 Å². The van der Waals surface area contributed by atoms with Gasteiger partial charge in [0, 0.05) is 68.6 Å². The number of ketones is 3. The third-order valence-electron chi connectivity index (χ3n) is 6.95. The van der Waals surface area contributed by atoms with Crippen molar-refractivity contribution in [1.29, 1.82) is 0 Å². The number of halogens is 1. The van der Waals surface area contributed by atoms with E-state index in [2.05, 4.69) is 15.9 Å². The molecule has 0 radical (unpaired) electrons. The first-order chi connectivity index (χ1) is 17.0. The van der Waals surface area contributed by atoms with Crippen LogP contribution in [0.5, 0.6) is 0 Å². The lowest BCUT2D eigenvalue weighted by molar-refractivity contribution is -0.123. The fourth-order valence-corrected chi connectivity index (χ4v) is 4.86. The fourth-order valence-electron chi connectivity index (χ4n) is 4.51. The molecule has 2 aromatic heterocycles. The van der Waals surface area contributed by atoms with E-state index in [1.165, 1.54) is 0 Å². The predicted molar refractivity (Wildman–Crippen MR) is 144 cm³/mol. The normalized spacial score (nSPS) is 20.7. The lowest BCUT2D eigenvalue weighted by Crippen LogP contribution is -2.16. The van der Waals surface area contributed by atoms with Gasteiger partial charge in [0.05, 0.1) is 0 Å². The molecule has 196 valence electrons. The van der Waals surface area contributed by atoms with E-state index in [0.717, 1.165) is 48.6 Å². The van der Waals surface area contributed by atoms with Gasteiger partial charge in [-0.3, -0.25) is 24.0 Å². The maximum absolute atomic E-state index is 11.5. The molecule has 2 heterocycles. The average Bonchev–Trinajstić information content (AvgIpc) is 3.48. The second kappa shape index (κ2) is 14.2. The molecular weight excluding hydrogens is 524 g/mol. The number of hydrogen-bond acceptors (Lipinski definition) is 5. The molecule has 4 rings (SSSR count). The minimum absolute atomic E-state index is 0.0388. The predicted octanol–water partition coefficient (Wildman–Crippen LogP) is 4.16. The summed E-state index contributed by atoms with van der Waals surface area (Å²) in [6, 6.07) is 7.24. The Morgan fingerprint density at radius 3 is 1.83 bits per heavy atom. The van der Waals surface area contributed by atoms with E-state index in [0.29, 0.717) is 24.5 Å². The van der Waals surface area contributed by atoms with E-state index >= 15 is 0 Å². The van der Waals surface area contributed by atoms with Gasteiger partial charge in [-0.05, 0) is 75.1 Å². The highest BCUT2D eigenvalue weighted by Gasteiger charge is 2.27. The number of carbonyl (C=O) groups is 3. The molecule has 0 spiro atoms. The molecule has 0 unspecified atom stereocenters. The van der Waals surface area contributed by atoms with Crippen LogP contribution in [0.2, 0.25) is 0 Å². The third kappa shape index (κ3) is 9.45. The molecule has 36 heavy (non-hydrogen) atoms. The number of nitrogens with zero attached hydrogens (tertiary/aromatic N) is 2. The number of pyridine rings is 2. The molecule has 0 bridgehead atoms. The molecule has 0 aliphatic heterocycles. The van der Waals surface area contributed by atoms with E-state index in [1.54, 1.807) is 55.4 Å². The minimum atomic E-state index is 0.0388. The van der Waals surface area contributed by atoms with Gasteiger partial charge in [-0.1, -0.05) is 15.9 Å². The number of rotatable bonds is 5. The van der Waals surface area contributed by atoms with E-state index in [1.807, 2.05) is 18.3 Å². The Balaban J connectivity index is 0.000000205. The fraction of sp³-hybridized carbons (Fsp3) is 0.536. The summed E-state index contributed by atoms with van der Waals surface area (Å²) in [7, 11) is 3.49. The Morgan fingerprint density at radius 1 is 0.861 bits per heavy atom. The summed E-state index contributed by atoms with van der Waals surface area (Å²) in [6.45, 7) is 3.24. The van der Waals surface area contributed by atoms with Crippen molar-refractivity contribution in [2.75, 3.05) is 0 Å². The number of Topliss-reactive ketones (excluding diaryl/α,β-unsaturated/α-hetero) is 3. The van der Waals surface area contributed by atoms with Crippen LogP contribution in [0, 0.1) is 17.8 Å². The molecule has 0 amide bonds. The molecular formula is C28H37BrN2O5. The largest absolute Gasteiger partial charge is 0.319 e. The standard InChI is InChI=1S/C14H19NO2.C7H8BrNO.C7H10O2/c1-10(16)13-4-3-11(8-13)7-12-5-6-15(2)14(17)9-12;1-9-3-2-6(5-8)4-7(9)10;1-5(8)6-2-3-7(9)4-6/h5-6,9,11,13H,3-4,7-8H2,1-2H3;2-4H,5H2,1H3;6H,2-4H2,1H3/t11-,13+;;6-/m0.0/s1. The first kappa shape index (κ1) is 29.6. The van der Waals surface area contributed by atoms with E-state index < -0.39 is 0 Å². The van der Waals surface area contributed by atoms with Gasteiger partial charge in [0.15, 0.2) is 0 Å². The molecule has 2 aliphatic carbocycles. The Bertz CT molecular complexity index is 1180. The van der Waals surface area contributed by atoms with Crippen LogP contribution in [0.1, 0.15) is 63.5 Å². The van der Waals surface area contributed by atoms with Crippen LogP contribution in [-0.2, 0) is 40.2 Å². The molecule has 2 aromatic rings. The zero-order chi connectivity index (χ0) is 26.8. The molecule has 0 saturated heterocycles. The summed E-state index contributed by atoms with van der Waals surface area (Å²) in [5.41, 5.74) is 2.20. The highest BCUT2D eigenvalue weighted by molar-refractivity contribution is 9.08. The van der Waals surface area contributed by atoms with Gasteiger partial charge in [0.1, 0.15) is 17.3 Å². The van der Waals surface area contributed by atoms with Gasteiger partial charge in [0.2, 0.25) is 0 Å². The lowest BCUT2D eigenvalue weighted by Gasteiger charge is -2.10. The lowest BCUT2D eigenvalue weighted by atomic mass is 9.96. The average molecular weight is 562 g/mol. The zero-order valence-electron chi connectivity index (χ0n) is 21.7. The van der Waals surface area contributed by atoms with Crippen LogP contribution in [0.4, 0.5) is 0 Å². The number of alkyl halides is 1. The topological polar surface area (TPSA) is 95.2 Å². The first-order valence-corrected chi connectivity index (χ1v) is 13.5. The smallest absolute Gasteiger partial charge is 0.250 e. The van der Waals surface area contributed by atoms with Crippen molar-refractivity contribution in [3.63, 3.8) is 0 Å². The number of hydrogen-bond donors (Lipinski definition) is 0. The van der Waals surface area contributed by atoms with Crippen LogP contribution in [0.25, 0.3) is 0 Å². The van der Waals surface area contributed by atoms with Gasteiger partial charge in [0.25, 0.3) is 11.1 Å².